The standard InChI is InChI=1S/C7H7N3.C2H7N/c1-5-2-3-6-7(4-5)9-10-8-6;1-3-2/h2-4H,1H3,(H,8,9,10);3H,1-2H3. The Morgan fingerprint density at radius 1 is 1.31 bits per heavy atom. The molecule has 0 radical (unpaired) electrons. The molecule has 0 saturated heterocycles. The van der Waals surface area contributed by atoms with Gasteiger partial charge in [-0.3, -0.25) is 5.10 Å². The molecule has 2 N–H and O–H groups in total. The van der Waals surface area contributed by atoms with Crippen LogP contribution in [0.15, 0.2) is 18.2 Å². The molecular formula is C9H14N4. The van der Waals surface area contributed by atoms with E-state index < -0.39 is 0 Å². The molecule has 1 heterocycles. The third-order valence-electron chi connectivity index (χ3n) is 1.48. The number of H-pyrrole nitrogens is 1. The van der Waals surface area contributed by atoms with Crippen LogP contribution < -0.4 is 5.32 Å². The average Bonchev–Trinajstić information content (AvgIpc) is 2.52. The second-order valence-corrected chi connectivity index (χ2v) is 2.83. The average molecular weight is 178 g/mol. The van der Waals surface area contributed by atoms with E-state index in [0.717, 1.165) is 11.0 Å². The Balaban J connectivity index is 0.000000251. The summed E-state index contributed by atoms with van der Waals surface area (Å²) in [6, 6.07) is 6.01. The van der Waals surface area contributed by atoms with Gasteiger partial charge in [-0.15, -0.1) is 5.10 Å². The summed E-state index contributed by atoms with van der Waals surface area (Å²) in [6.45, 7) is 2.04. The molecule has 4 nitrogen and oxygen atoms in total. The van der Waals surface area contributed by atoms with Gasteiger partial charge in [0.05, 0.1) is 5.52 Å². The third kappa shape index (κ3) is 2.52. The second kappa shape index (κ2) is 4.57. The molecule has 1 aromatic carbocycles. The Morgan fingerprint density at radius 2 is 2.00 bits per heavy atom. The maximum atomic E-state index is 3.87. The minimum Gasteiger partial charge on any atom is -0.323 e. The molecule has 0 amide bonds. The van der Waals surface area contributed by atoms with Crippen molar-refractivity contribution in [1.29, 1.82) is 0 Å². The van der Waals surface area contributed by atoms with Crippen molar-refractivity contribution >= 4 is 11.0 Å². The summed E-state index contributed by atoms with van der Waals surface area (Å²) in [7, 11) is 3.75. The summed E-state index contributed by atoms with van der Waals surface area (Å²) in [5.74, 6) is 0. The number of aromatic nitrogens is 3. The fourth-order valence-electron chi connectivity index (χ4n) is 0.952. The predicted molar refractivity (Wildman–Crippen MR) is 53.6 cm³/mol. The van der Waals surface area contributed by atoms with Gasteiger partial charge < -0.3 is 5.32 Å². The molecule has 0 aliphatic carbocycles. The topological polar surface area (TPSA) is 53.6 Å². The normalized spacial score (nSPS) is 9.46. The van der Waals surface area contributed by atoms with E-state index in [9.17, 15) is 0 Å². The summed E-state index contributed by atoms with van der Waals surface area (Å²) < 4.78 is 0. The van der Waals surface area contributed by atoms with Gasteiger partial charge in [0.2, 0.25) is 0 Å². The van der Waals surface area contributed by atoms with Crippen molar-refractivity contribution in [2.24, 2.45) is 0 Å². The van der Waals surface area contributed by atoms with Gasteiger partial charge >= 0.3 is 0 Å². The molecule has 2 rings (SSSR count). The first-order valence-electron chi connectivity index (χ1n) is 4.14. The van der Waals surface area contributed by atoms with Gasteiger partial charge in [0.25, 0.3) is 0 Å². The fraction of sp³-hybridized carbons (Fsp3) is 0.333. The lowest BCUT2D eigenvalue weighted by Crippen LogP contribution is -1.89. The number of nitrogens with zero attached hydrogens (tertiary/aromatic N) is 2. The number of hydrogen-bond donors (Lipinski definition) is 2. The van der Waals surface area contributed by atoms with E-state index in [-0.39, 0.29) is 0 Å². The van der Waals surface area contributed by atoms with Crippen LogP contribution in [0, 0.1) is 6.92 Å². The summed E-state index contributed by atoms with van der Waals surface area (Å²) in [4.78, 5) is 0. The Morgan fingerprint density at radius 3 is 2.69 bits per heavy atom. The molecule has 2 aromatic rings. The summed E-state index contributed by atoms with van der Waals surface area (Å²) in [5, 5.41) is 13.1. The van der Waals surface area contributed by atoms with Crippen molar-refractivity contribution in [2.75, 3.05) is 14.1 Å². The molecule has 0 bridgehead atoms. The van der Waals surface area contributed by atoms with Gasteiger partial charge in [0, 0.05) is 0 Å². The van der Waals surface area contributed by atoms with Crippen molar-refractivity contribution in [3.8, 4) is 0 Å². The van der Waals surface area contributed by atoms with Crippen LogP contribution in [0.4, 0.5) is 0 Å². The van der Waals surface area contributed by atoms with Crippen LogP contribution in [0.3, 0.4) is 0 Å². The first-order chi connectivity index (χ1) is 6.27. The lowest BCUT2D eigenvalue weighted by molar-refractivity contribution is 0.959. The van der Waals surface area contributed by atoms with Gasteiger partial charge in [0.15, 0.2) is 0 Å². The third-order valence-corrected chi connectivity index (χ3v) is 1.48. The van der Waals surface area contributed by atoms with Crippen LogP contribution in [-0.4, -0.2) is 29.5 Å². The lowest BCUT2D eigenvalue weighted by atomic mass is 10.2. The number of benzene rings is 1. The van der Waals surface area contributed by atoms with Crippen LogP contribution in [-0.2, 0) is 0 Å². The predicted octanol–water partition coefficient (Wildman–Crippen LogP) is 1.10. The molecule has 0 fully saturated rings. The van der Waals surface area contributed by atoms with E-state index >= 15 is 0 Å². The maximum absolute atomic E-state index is 3.87. The summed E-state index contributed by atoms with van der Waals surface area (Å²) in [5.41, 5.74) is 3.13. The number of hydrogen-bond acceptors (Lipinski definition) is 3. The van der Waals surface area contributed by atoms with E-state index in [2.05, 4.69) is 20.7 Å². The summed E-state index contributed by atoms with van der Waals surface area (Å²) >= 11 is 0. The number of rotatable bonds is 0. The molecular weight excluding hydrogens is 164 g/mol. The van der Waals surface area contributed by atoms with Crippen molar-refractivity contribution in [1.82, 2.24) is 20.7 Å². The van der Waals surface area contributed by atoms with E-state index in [0.29, 0.717) is 0 Å². The number of aromatic amines is 1. The van der Waals surface area contributed by atoms with Crippen molar-refractivity contribution in [2.45, 2.75) is 6.92 Å². The highest BCUT2D eigenvalue weighted by molar-refractivity contribution is 5.73. The highest BCUT2D eigenvalue weighted by Gasteiger charge is 1.93. The minimum atomic E-state index is 0.931. The van der Waals surface area contributed by atoms with Crippen LogP contribution >= 0.6 is 0 Å². The van der Waals surface area contributed by atoms with Gasteiger partial charge in [-0.2, -0.15) is 0 Å². The number of aryl methyl sites for hydroxylation is 1. The van der Waals surface area contributed by atoms with Crippen LogP contribution in [0.25, 0.3) is 11.0 Å². The van der Waals surface area contributed by atoms with Crippen LogP contribution in [0.1, 0.15) is 5.56 Å². The van der Waals surface area contributed by atoms with Crippen molar-refractivity contribution in [3.63, 3.8) is 0 Å². The molecule has 0 aliphatic rings. The molecule has 4 heteroatoms. The second-order valence-electron chi connectivity index (χ2n) is 2.83. The Kier molecular flexibility index (Phi) is 3.40. The monoisotopic (exact) mass is 178 g/mol. The largest absolute Gasteiger partial charge is 0.323 e. The zero-order valence-corrected chi connectivity index (χ0v) is 8.13. The molecule has 0 unspecified atom stereocenters. The van der Waals surface area contributed by atoms with Gasteiger partial charge in [-0.25, -0.2) is 0 Å². The van der Waals surface area contributed by atoms with Gasteiger partial charge in [-0.1, -0.05) is 11.3 Å². The highest BCUT2D eigenvalue weighted by Crippen LogP contribution is 2.08. The molecule has 1 aromatic heterocycles. The van der Waals surface area contributed by atoms with Gasteiger partial charge in [0.1, 0.15) is 5.52 Å². The maximum Gasteiger partial charge on any atom is 0.113 e. The first-order valence-corrected chi connectivity index (χ1v) is 4.14. The SMILES string of the molecule is CNC.Cc1ccc2[nH]nnc2c1. The van der Waals surface area contributed by atoms with Crippen molar-refractivity contribution in [3.05, 3.63) is 23.8 Å². The minimum absolute atomic E-state index is 0.931. The van der Waals surface area contributed by atoms with E-state index in [1.807, 2.05) is 39.2 Å². The Hall–Kier alpha value is -1.42. The lowest BCUT2D eigenvalue weighted by Gasteiger charge is -1.87. The van der Waals surface area contributed by atoms with E-state index in [4.69, 9.17) is 0 Å². The zero-order valence-electron chi connectivity index (χ0n) is 8.13. The van der Waals surface area contributed by atoms with Crippen LogP contribution in [0.2, 0.25) is 0 Å². The molecule has 13 heavy (non-hydrogen) atoms. The Labute approximate surface area is 77.3 Å². The van der Waals surface area contributed by atoms with Crippen molar-refractivity contribution < 1.29 is 0 Å². The van der Waals surface area contributed by atoms with E-state index in [1.54, 1.807) is 0 Å². The first kappa shape index (κ1) is 9.67. The molecule has 70 valence electrons. The molecule has 0 aliphatic heterocycles. The molecule has 0 saturated carbocycles. The van der Waals surface area contributed by atoms with Crippen LogP contribution in [0.5, 0.6) is 0 Å². The van der Waals surface area contributed by atoms with Gasteiger partial charge in [-0.05, 0) is 38.7 Å². The quantitative estimate of drug-likeness (QED) is 0.635. The highest BCUT2D eigenvalue weighted by atomic mass is 15.3. The Bertz CT molecular complexity index is 366. The molecule has 0 spiro atoms. The smallest absolute Gasteiger partial charge is 0.113 e. The zero-order chi connectivity index (χ0) is 9.68. The summed E-state index contributed by atoms with van der Waals surface area (Å²) in [6.07, 6.45) is 0. The number of nitrogens with one attached hydrogen (secondary N) is 2. The van der Waals surface area contributed by atoms with E-state index in [1.165, 1.54) is 5.56 Å². The molecule has 0 atom stereocenters. The number of fused-ring (bicyclic) bond motifs is 1. The fourth-order valence-corrected chi connectivity index (χ4v) is 0.952.